The van der Waals surface area contributed by atoms with Gasteiger partial charge in [0.2, 0.25) is 0 Å². The molecule has 1 N–H and O–H groups in total. The number of imidazole rings is 1. The van der Waals surface area contributed by atoms with Crippen molar-refractivity contribution in [1.82, 2.24) is 14.9 Å². The van der Waals surface area contributed by atoms with Crippen LogP contribution in [0.3, 0.4) is 0 Å². The number of para-hydroxylation sites is 2. The Kier molecular flexibility index (Phi) is 9.40. The molecule has 36 heavy (non-hydrogen) atoms. The molecule has 4 rings (SSSR count). The van der Waals surface area contributed by atoms with Gasteiger partial charge in [0.15, 0.2) is 0 Å². The van der Waals surface area contributed by atoms with Gasteiger partial charge in [-0.25, -0.2) is 4.98 Å². The standard InChI is InChI=1S/C30H34ClN3O2/c1-23-12-14-24(15-13-23)30(35)32-20-6-2-3-11-29-33-27-9-4-5-10-28(27)34(29)21-7-8-22-36-26-18-16-25(31)17-19-26/h4-5,9-10,12-19H,2-3,6-8,11,20-22H2,1H3,(H,32,35). The summed E-state index contributed by atoms with van der Waals surface area (Å²) < 4.78 is 8.20. The summed E-state index contributed by atoms with van der Waals surface area (Å²) in [6.45, 7) is 4.31. The van der Waals surface area contributed by atoms with E-state index in [9.17, 15) is 4.79 Å². The van der Waals surface area contributed by atoms with Crippen LogP contribution in [0.5, 0.6) is 5.75 Å². The third-order valence-corrected chi connectivity index (χ3v) is 6.52. The number of amides is 1. The van der Waals surface area contributed by atoms with Crippen molar-refractivity contribution >= 4 is 28.5 Å². The van der Waals surface area contributed by atoms with Gasteiger partial charge in [-0.3, -0.25) is 4.79 Å². The van der Waals surface area contributed by atoms with Gasteiger partial charge in [-0.15, -0.1) is 0 Å². The van der Waals surface area contributed by atoms with Crippen molar-refractivity contribution in [1.29, 1.82) is 0 Å². The Balaban J connectivity index is 1.21. The first kappa shape index (κ1) is 25.8. The lowest BCUT2D eigenvalue weighted by molar-refractivity contribution is 0.0953. The highest BCUT2D eigenvalue weighted by atomic mass is 35.5. The summed E-state index contributed by atoms with van der Waals surface area (Å²) in [5, 5.41) is 3.74. The Hall–Kier alpha value is -3.31. The smallest absolute Gasteiger partial charge is 0.251 e. The zero-order valence-corrected chi connectivity index (χ0v) is 21.6. The molecule has 0 saturated carbocycles. The van der Waals surface area contributed by atoms with Crippen LogP contribution in [0, 0.1) is 6.92 Å². The van der Waals surface area contributed by atoms with Gasteiger partial charge >= 0.3 is 0 Å². The van der Waals surface area contributed by atoms with Gasteiger partial charge in [-0.05, 0) is 81.1 Å². The largest absolute Gasteiger partial charge is 0.494 e. The Morgan fingerprint density at radius 3 is 2.50 bits per heavy atom. The highest BCUT2D eigenvalue weighted by molar-refractivity contribution is 6.30. The van der Waals surface area contributed by atoms with Gasteiger partial charge < -0.3 is 14.6 Å². The zero-order valence-electron chi connectivity index (χ0n) is 20.9. The fraction of sp³-hybridized carbons (Fsp3) is 0.333. The molecule has 1 heterocycles. The number of halogens is 1. The van der Waals surface area contributed by atoms with Crippen molar-refractivity contribution in [3.63, 3.8) is 0 Å². The average molecular weight is 504 g/mol. The molecule has 4 aromatic rings. The van der Waals surface area contributed by atoms with Crippen molar-refractivity contribution in [2.24, 2.45) is 0 Å². The van der Waals surface area contributed by atoms with Gasteiger partial charge in [-0.2, -0.15) is 0 Å². The average Bonchev–Trinajstić information content (AvgIpc) is 3.24. The summed E-state index contributed by atoms with van der Waals surface area (Å²) in [6.07, 6.45) is 5.97. The third-order valence-electron chi connectivity index (χ3n) is 6.27. The molecule has 0 radical (unpaired) electrons. The predicted molar refractivity (Wildman–Crippen MR) is 147 cm³/mol. The van der Waals surface area contributed by atoms with E-state index in [1.54, 1.807) is 0 Å². The van der Waals surface area contributed by atoms with Crippen LogP contribution in [0.4, 0.5) is 0 Å². The van der Waals surface area contributed by atoms with Crippen LogP contribution in [0.15, 0.2) is 72.8 Å². The lowest BCUT2D eigenvalue weighted by atomic mass is 10.1. The quantitative estimate of drug-likeness (QED) is 0.200. The lowest BCUT2D eigenvalue weighted by Gasteiger charge is -2.10. The van der Waals surface area contributed by atoms with Crippen molar-refractivity contribution in [3.8, 4) is 5.75 Å². The molecule has 0 bridgehead atoms. The fourth-order valence-corrected chi connectivity index (χ4v) is 4.38. The molecular formula is C30H34ClN3O2. The predicted octanol–water partition coefficient (Wildman–Crippen LogP) is 7.00. The molecule has 0 spiro atoms. The van der Waals surface area contributed by atoms with Gasteiger partial charge in [0.05, 0.1) is 17.6 Å². The topological polar surface area (TPSA) is 56.2 Å². The molecule has 3 aromatic carbocycles. The van der Waals surface area contributed by atoms with Crippen molar-refractivity contribution < 1.29 is 9.53 Å². The first-order valence-electron chi connectivity index (χ1n) is 12.8. The second-order valence-electron chi connectivity index (χ2n) is 9.11. The molecule has 0 aliphatic rings. The summed E-state index contributed by atoms with van der Waals surface area (Å²) in [7, 11) is 0. The minimum Gasteiger partial charge on any atom is -0.494 e. The number of ether oxygens (including phenoxy) is 1. The highest BCUT2D eigenvalue weighted by Gasteiger charge is 2.10. The van der Waals surface area contributed by atoms with E-state index in [0.717, 1.165) is 67.7 Å². The third kappa shape index (κ3) is 7.34. The van der Waals surface area contributed by atoms with Crippen LogP contribution < -0.4 is 10.1 Å². The second kappa shape index (κ2) is 13.1. The zero-order chi connectivity index (χ0) is 25.2. The number of nitrogens with zero attached hydrogens (tertiary/aromatic N) is 2. The molecule has 1 aromatic heterocycles. The minimum atomic E-state index is -0.00293. The maximum Gasteiger partial charge on any atom is 0.251 e. The number of fused-ring (bicyclic) bond motifs is 1. The van der Waals surface area contributed by atoms with E-state index in [-0.39, 0.29) is 5.91 Å². The second-order valence-corrected chi connectivity index (χ2v) is 9.55. The number of benzene rings is 3. The van der Waals surface area contributed by atoms with Crippen LogP contribution in [-0.4, -0.2) is 28.6 Å². The molecule has 0 atom stereocenters. The summed E-state index contributed by atoms with van der Waals surface area (Å²) in [5.41, 5.74) is 4.11. The van der Waals surface area contributed by atoms with E-state index in [1.165, 1.54) is 5.52 Å². The number of carbonyl (C=O) groups is 1. The van der Waals surface area contributed by atoms with E-state index >= 15 is 0 Å². The molecule has 6 heteroatoms. The van der Waals surface area contributed by atoms with Gasteiger partial charge in [-0.1, -0.05) is 47.9 Å². The number of carbonyl (C=O) groups excluding carboxylic acids is 1. The summed E-state index contributed by atoms with van der Waals surface area (Å²) >= 11 is 5.94. The normalized spacial score (nSPS) is 11.1. The molecule has 0 unspecified atom stereocenters. The summed E-state index contributed by atoms with van der Waals surface area (Å²) in [6, 6.07) is 23.5. The van der Waals surface area contributed by atoms with Gasteiger partial charge in [0, 0.05) is 30.1 Å². The number of aromatic nitrogens is 2. The van der Waals surface area contributed by atoms with E-state index in [4.69, 9.17) is 21.3 Å². The lowest BCUT2D eigenvalue weighted by Crippen LogP contribution is -2.24. The molecule has 0 aliphatic carbocycles. The summed E-state index contributed by atoms with van der Waals surface area (Å²) in [4.78, 5) is 17.2. The molecule has 0 saturated heterocycles. The Labute approximate surface area is 218 Å². The number of nitrogens with one attached hydrogen (secondary N) is 1. The van der Waals surface area contributed by atoms with E-state index < -0.39 is 0 Å². The van der Waals surface area contributed by atoms with E-state index in [0.29, 0.717) is 23.7 Å². The molecule has 5 nitrogen and oxygen atoms in total. The molecule has 188 valence electrons. The van der Waals surface area contributed by atoms with Crippen molar-refractivity contribution in [2.45, 2.75) is 52.0 Å². The van der Waals surface area contributed by atoms with Crippen LogP contribution >= 0.6 is 11.6 Å². The van der Waals surface area contributed by atoms with Gasteiger partial charge in [0.1, 0.15) is 11.6 Å². The Morgan fingerprint density at radius 2 is 1.69 bits per heavy atom. The van der Waals surface area contributed by atoms with Gasteiger partial charge in [0.25, 0.3) is 5.91 Å². The molecule has 1 amide bonds. The van der Waals surface area contributed by atoms with Crippen molar-refractivity contribution in [3.05, 3.63) is 94.8 Å². The van der Waals surface area contributed by atoms with Crippen LogP contribution in [-0.2, 0) is 13.0 Å². The first-order valence-corrected chi connectivity index (χ1v) is 13.2. The number of hydrogen-bond acceptors (Lipinski definition) is 3. The SMILES string of the molecule is Cc1ccc(C(=O)NCCCCCc2nc3ccccc3n2CCCCOc2ccc(Cl)cc2)cc1. The Morgan fingerprint density at radius 1 is 0.917 bits per heavy atom. The highest BCUT2D eigenvalue weighted by Crippen LogP contribution is 2.19. The monoisotopic (exact) mass is 503 g/mol. The minimum absolute atomic E-state index is 0.00293. The van der Waals surface area contributed by atoms with E-state index in [1.807, 2.05) is 61.5 Å². The molecular weight excluding hydrogens is 470 g/mol. The number of hydrogen-bond donors (Lipinski definition) is 1. The van der Waals surface area contributed by atoms with E-state index in [2.05, 4.69) is 28.1 Å². The Bertz CT molecular complexity index is 1250. The molecule has 0 aliphatic heterocycles. The number of unbranched alkanes of at least 4 members (excludes halogenated alkanes) is 3. The maximum atomic E-state index is 12.3. The number of rotatable bonds is 13. The van der Waals surface area contributed by atoms with Crippen LogP contribution in [0.25, 0.3) is 11.0 Å². The van der Waals surface area contributed by atoms with Crippen molar-refractivity contribution in [2.75, 3.05) is 13.2 Å². The summed E-state index contributed by atoms with van der Waals surface area (Å²) in [5.74, 6) is 1.98. The number of aryl methyl sites for hydroxylation is 3. The first-order chi connectivity index (χ1) is 17.6. The molecule has 0 fully saturated rings. The fourth-order valence-electron chi connectivity index (χ4n) is 4.25. The van der Waals surface area contributed by atoms with Crippen LogP contribution in [0.1, 0.15) is 53.8 Å². The van der Waals surface area contributed by atoms with Crippen LogP contribution in [0.2, 0.25) is 5.02 Å². The maximum absolute atomic E-state index is 12.3.